The molecule has 8 heteroatoms. The molecule has 2 rings (SSSR count). The van der Waals surface area contributed by atoms with E-state index in [0.29, 0.717) is 31.4 Å². The molecule has 0 saturated heterocycles. The Balaban J connectivity index is 2.00. The normalized spacial score (nSPS) is 18.4. The van der Waals surface area contributed by atoms with Gasteiger partial charge in [0.05, 0.1) is 6.54 Å². The zero-order valence-electron chi connectivity index (χ0n) is 11.7. The fourth-order valence-corrected chi connectivity index (χ4v) is 2.58. The quantitative estimate of drug-likeness (QED) is 0.913. The Bertz CT molecular complexity index is 454. The lowest BCUT2D eigenvalue weighted by Crippen LogP contribution is -2.42. The third kappa shape index (κ3) is 3.49. The van der Waals surface area contributed by atoms with Crippen molar-refractivity contribution in [1.82, 2.24) is 19.7 Å². The zero-order valence-corrected chi connectivity index (χ0v) is 11.7. The lowest BCUT2D eigenvalue weighted by atomic mass is 10.0. The van der Waals surface area contributed by atoms with Crippen LogP contribution in [0, 0.1) is 5.92 Å². The van der Waals surface area contributed by atoms with Gasteiger partial charge in [-0.15, -0.1) is 10.2 Å². The Morgan fingerprint density at radius 2 is 1.95 bits per heavy atom. The summed E-state index contributed by atoms with van der Waals surface area (Å²) in [6, 6.07) is 0.0338. The second-order valence-corrected chi connectivity index (χ2v) is 5.71. The topological polar surface area (TPSA) is 60.0 Å². The van der Waals surface area contributed by atoms with E-state index in [0.717, 1.165) is 11.0 Å². The first kappa shape index (κ1) is 15.2. The summed E-state index contributed by atoms with van der Waals surface area (Å²) in [5.74, 6) is -0.0331. The van der Waals surface area contributed by atoms with Crippen LogP contribution >= 0.6 is 0 Å². The first-order chi connectivity index (χ1) is 9.27. The summed E-state index contributed by atoms with van der Waals surface area (Å²) in [5.41, 5.74) is 6.04. The molecule has 1 unspecified atom stereocenters. The monoisotopic (exact) mass is 291 g/mol. The van der Waals surface area contributed by atoms with Crippen LogP contribution in [0.15, 0.2) is 0 Å². The highest BCUT2D eigenvalue weighted by Crippen LogP contribution is 2.29. The fraction of sp³-hybridized carbons (Fsp3) is 0.833. The molecule has 0 bridgehead atoms. The Kier molecular flexibility index (Phi) is 4.33. The number of fused-ring (bicyclic) bond motifs is 1. The third-order valence-electron chi connectivity index (χ3n) is 3.35. The number of hydrogen-bond acceptors (Lipinski definition) is 4. The zero-order chi connectivity index (χ0) is 14.9. The molecule has 1 aliphatic rings. The second kappa shape index (κ2) is 5.69. The SMILES string of the molecule is CC(C)CC(N)CN1CCn2c(nnc2C(F)(F)F)C1. The predicted molar refractivity (Wildman–Crippen MR) is 67.7 cm³/mol. The van der Waals surface area contributed by atoms with E-state index in [1.165, 1.54) is 0 Å². The molecule has 0 fully saturated rings. The molecule has 114 valence electrons. The largest absolute Gasteiger partial charge is 0.451 e. The predicted octanol–water partition coefficient (Wildman–Crippen LogP) is 1.49. The van der Waals surface area contributed by atoms with Crippen molar-refractivity contribution in [2.24, 2.45) is 11.7 Å². The molecular weight excluding hydrogens is 271 g/mol. The first-order valence-corrected chi connectivity index (χ1v) is 6.74. The van der Waals surface area contributed by atoms with Crippen molar-refractivity contribution in [2.45, 2.75) is 45.6 Å². The van der Waals surface area contributed by atoms with Crippen molar-refractivity contribution in [3.63, 3.8) is 0 Å². The average molecular weight is 291 g/mol. The lowest BCUT2D eigenvalue weighted by molar-refractivity contribution is -0.148. The van der Waals surface area contributed by atoms with E-state index in [9.17, 15) is 13.2 Å². The summed E-state index contributed by atoms with van der Waals surface area (Å²) >= 11 is 0. The Hall–Kier alpha value is -1.15. The van der Waals surface area contributed by atoms with Gasteiger partial charge in [-0.25, -0.2) is 0 Å². The number of aromatic nitrogens is 3. The first-order valence-electron chi connectivity index (χ1n) is 6.74. The van der Waals surface area contributed by atoms with Crippen molar-refractivity contribution in [1.29, 1.82) is 0 Å². The van der Waals surface area contributed by atoms with E-state index in [1.807, 2.05) is 4.90 Å². The van der Waals surface area contributed by atoms with Gasteiger partial charge in [0.1, 0.15) is 5.82 Å². The lowest BCUT2D eigenvalue weighted by Gasteiger charge is -2.30. The molecule has 2 heterocycles. The molecule has 0 aliphatic carbocycles. The Morgan fingerprint density at radius 3 is 2.55 bits per heavy atom. The molecule has 1 aromatic rings. The van der Waals surface area contributed by atoms with Gasteiger partial charge in [0.25, 0.3) is 0 Å². The molecule has 1 aromatic heterocycles. The van der Waals surface area contributed by atoms with Crippen molar-refractivity contribution >= 4 is 0 Å². The number of nitrogens with zero attached hydrogens (tertiary/aromatic N) is 4. The summed E-state index contributed by atoms with van der Waals surface area (Å²) in [7, 11) is 0. The van der Waals surface area contributed by atoms with Crippen LogP contribution in [0.4, 0.5) is 13.2 Å². The highest BCUT2D eigenvalue weighted by Gasteiger charge is 2.39. The van der Waals surface area contributed by atoms with Crippen LogP contribution in [0.3, 0.4) is 0 Å². The van der Waals surface area contributed by atoms with Gasteiger partial charge in [-0.3, -0.25) is 4.90 Å². The van der Waals surface area contributed by atoms with E-state index in [2.05, 4.69) is 24.0 Å². The summed E-state index contributed by atoms with van der Waals surface area (Å²) < 4.78 is 39.3. The van der Waals surface area contributed by atoms with E-state index in [-0.39, 0.29) is 12.6 Å². The molecule has 0 saturated carbocycles. The van der Waals surface area contributed by atoms with Gasteiger partial charge >= 0.3 is 6.18 Å². The van der Waals surface area contributed by atoms with Crippen molar-refractivity contribution in [3.05, 3.63) is 11.6 Å². The molecule has 0 spiro atoms. The average Bonchev–Trinajstić information content (AvgIpc) is 2.69. The van der Waals surface area contributed by atoms with Gasteiger partial charge in [-0.05, 0) is 12.3 Å². The van der Waals surface area contributed by atoms with Crippen LogP contribution in [0.2, 0.25) is 0 Å². The molecule has 0 amide bonds. The van der Waals surface area contributed by atoms with Gasteiger partial charge in [-0.2, -0.15) is 13.2 Å². The maximum atomic E-state index is 12.7. The van der Waals surface area contributed by atoms with E-state index < -0.39 is 12.0 Å². The molecular formula is C12H20F3N5. The van der Waals surface area contributed by atoms with Crippen molar-refractivity contribution < 1.29 is 13.2 Å². The minimum Gasteiger partial charge on any atom is -0.327 e. The number of nitrogens with two attached hydrogens (primary N) is 1. The maximum Gasteiger partial charge on any atom is 0.451 e. The smallest absolute Gasteiger partial charge is 0.327 e. The highest BCUT2D eigenvalue weighted by atomic mass is 19.4. The summed E-state index contributed by atoms with van der Waals surface area (Å²) in [6.07, 6.45) is -3.54. The third-order valence-corrected chi connectivity index (χ3v) is 3.35. The summed E-state index contributed by atoms with van der Waals surface area (Å²) in [4.78, 5) is 2.04. The van der Waals surface area contributed by atoms with Crippen LogP contribution in [0.5, 0.6) is 0 Å². The fourth-order valence-electron chi connectivity index (χ4n) is 2.58. The molecule has 5 nitrogen and oxygen atoms in total. The van der Waals surface area contributed by atoms with Crippen molar-refractivity contribution in [3.8, 4) is 0 Å². The molecule has 0 radical (unpaired) electrons. The summed E-state index contributed by atoms with van der Waals surface area (Å²) in [6.45, 7) is 6.04. The van der Waals surface area contributed by atoms with Gasteiger partial charge in [0.15, 0.2) is 0 Å². The highest BCUT2D eigenvalue weighted by molar-refractivity contribution is 5.02. The minimum absolute atomic E-state index is 0.0338. The molecule has 0 aromatic carbocycles. The molecule has 2 N–H and O–H groups in total. The number of halogens is 3. The van der Waals surface area contributed by atoms with Gasteiger partial charge in [0, 0.05) is 25.7 Å². The van der Waals surface area contributed by atoms with Crippen LogP contribution in [0.1, 0.15) is 31.9 Å². The standard InChI is InChI=1S/C12H20F3N5/c1-8(2)5-9(16)6-19-3-4-20-10(7-19)17-18-11(20)12(13,14)15/h8-9H,3-7,16H2,1-2H3. The molecule has 20 heavy (non-hydrogen) atoms. The maximum absolute atomic E-state index is 12.7. The molecule has 1 atom stereocenters. The Morgan fingerprint density at radius 1 is 1.25 bits per heavy atom. The van der Waals surface area contributed by atoms with Crippen LogP contribution in [-0.4, -0.2) is 38.8 Å². The van der Waals surface area contributed by atoms with Crippen LogP contribution < -0.4 is 5.73 Å². The van der Waals surface area contributed by atoms with Gasteiger partial charge < -0.3 is 10.3 Å². The van der Waals surface area contributed by atoms with Crippen LogP contribution in [0.25, 0.3) is 0 Å². The minimum atomic E-state index is -4.44. The number of alkyl halides is 3. The Labute approximate surface area is 115 Å². The molecule has 1 aliphatic heterocycles. The number of hydrogen-bond donors (Lipinski definition) is 1. The van der Waals surface area contributed by atoms with E-state index in [4.69, 9.17) is 5.73 Å². The van der Waals surface area contributed by atoms with E-state index in [1.54, 1.807) is 0 Å². The van der Waals surface area contributed by atoms with E-state index >= 15 is 0 Å². The summed E-state index contributed by atoms with van der Waals surface area (Å²) in [5, 5.41) is 6.91. The second-order valence-electron chi connectivity index (χ2n) is 5.71. The van der Waals surface area contributed by atoms with Crippen molar-refractivity contribution in [2.75, 3.05) is 13.1 Å². The van der Waals surface area contributed by atoms with Gasteiger partial charge in [-0.1, -0.05) is 13.8 Å². The number of rotatable bonds is 4. The van der Waals surface area contributed by atoms with Gasteiger partial charge in [0.2, 0.25) is 5.82 Å². The van der Waals surface area contributed by atoms with Crippen LogP contribution in [-0.2, 0) is 19.3 Å².